The van der Waals surface area contributed by atoms with E-state index in [9.17, 15) is 9.59 Å². The van der Waals surface area contributed by atoms with E-state index in [1.165, 1.54) is 0 Å². The van der Waals surface area contributed by atoms with Gasteiger partial charge in [-0.25, -0.2) is 4.79 Å². The summed E-state index contributed by atoms with van der Waals surface area (Å²) in [6.07, 6.45) is 0.816. The Bertz CT molecular complexity index is 893. The van der Waals surface area contributed by atoms with Gasteiger partial charge in [0.15, 0.2) is 0 Å². The summed E-state index contributed by atoms with van der Waals surface area (Å²) in [5.41, 5.74) is 1.27. The number of fused-ring (bicyclic) bond motifs is 1. The van der Waals surface area contributed by atoms with Crippen LogP contribution in [0.15, 0.2) is 42.5 Å². The van der Waals surface area contributed by atoms with Crippen molar-refractivity contribution in [2.75, 3.05) is 35.8 Å². The summed E-state index contributed by atoms with van der Waals surface area (Å²) in [7, 11) is 1.59. The molecule has 0 fully saturated rings. The van der Waals surface area contributed by atoms with Crippen molar-refractivity contribution in [1.29, 1.82) is 0 Å². The number of nitrogens with one attached hydrogen (secondary N) is 2. The zero-order valence-corrected chi connectivity index (χ0v) is 17.2. The number of hydrogen-bond donors (Lipinski definition) is 2. The molecule has 0 saturated heterocycles. The van der Waals surface area contributed by atoms with E-state index in [-0.39, 0.29) is 11.9 Å². The Morgan fingerprint density at radius 3 is 2.45 bits per heavy atom. The van der Waals surface area contributed by atoms with Crippen LogP contribution in [0.1, 0.15) is 27.2 Å². The van der Waals surface area contributed by atoms with E-state index in [4.69, 9.17) is 9.47 Å². The number of amides is 3. The van der Waals surface area contributed by atoms with Crippen molar-refractivity contribution in [3.8, 4) is 11.5 Å². The Kier molecular flexibility index (Phi) is 5.96. The topological polar surface area (TPSA) is 79.9 Å². The molecular formula is C22H27N3O4. The van der Waals surface area contributed by atoms with Crippen molar-refractivity contribution in [1.82, 2.24) is 0 Å². The second kappa shape index (κ2) is 8.43. The van der Waals surface area contributed by atoms with Crippen molar-refractivity contribution in [2.45, 2.75) is 27.2 Å². The highest BCUT2D eigenvalue weighted by molar-refractivity contribution is 6.02. The quantitative estimate of drug-likeness (QED) is 0.778. The molecule has 0 aromatic heterocycles. The lowest BCUT2D eigenvalue weighted by Crippen LogP contribution is -2.42. The number of carbonyl (C=O) groups excluding carboxylic acids is 2. The van der Waals surface area contributed by atoms with Gasteiger partial charge in [-0.3, -0.25) is 4.79 Å². The van der Waals surface area contributed by atoms with E-state index in [0.717, 1.165) is 6.42 Å². The highest BCUT2D eigenvalue weighted by atomic mass is 16.5. The van der Waals surface area contributed by atoms with E-state index >= 15 is 0 Å². The van der Waals surface area contributed by atoms with E-state index < -0.39 is 5.41 Å². The summed E-state index contributed by atoms with van der Waals surface area (Å²) >= 11 is 0. The smallest absolute Gasteiger partial charge is 0.323 e. The molecule has 1 aliphatic rings. The first-order valence-corrected chi connectivity index (χ1v) is 9.65. The van der Waals surface area contributed by atoms with E-state index in [2.05, 4.69) is 10.6 Å². The van der Waals surface area contributed by atoms with Crippen LogP contribution in [0.25, 0.3) is 0 Å². The fourth-order valence-corrected chi connectivity index (χ4v) is 3.14. The molecule has 0 spiro atoms. The molecule has 0 aliphatic carbocycles. The van der Waals surface area contributed by atoms with Crippen molar-refractivity contribution >= 4 is 29.0 Å². The number of hydrogen-bond acceptors (Lipinski definition) is 4. The van der Waals surface area contributed by atoms with Gasteiger partial charge in [-0.1, -0.05) is 6.92 Å². The predicted molar refractivity (Wildman–Crippen MR) is 114 cm³/mol. The maximum atomic E-state index is 13.0. The molecule has 2 aromatic carbocycles. The third-order valence-electron chi connectivity index (χ3n) is 4.72. The van der Waals surface area contributed by atoms with Crippen LogP contribution in [-0.4, -0.2) is 32.2 Å². The van der Waals surface area contributed by atoms with Gasteiger partial charge < -0.3 is 25.0 Å². The highest BCUT2D eigenvalue weighted by Crippen LogP contribution is 2.38. The van der Waals surface area contributed by atoms with Crippen LogP contribution in [0.5, 0.6) is 11.5 Å². The molecule has 0 unspecified atom stereocenters. The van der Waals surface area contributed by atoms with Crippen LogP contribution in [0.2, 0.25) is 0 Å². The Morgan fingerprint density at radius 2 is 1.79 bits per heavy atom. The highest BCUT2D eigenvalue weighted by Gasteiger charge is 2.37. The van der Waals surface area contributed by atoms with E-state index in [1.54, 1.807) is 54.5 Å². The molecule has 3 rings (SSSR count). The lowest BCUT2D eigenvalue weighted by Gasteiger charge is -2.27. The summed E-state index contributed by atoms with van der Waals surface area (Å²) in [4.78, 5) is 27.1. The number of rotatable bonds is 5. The van der Waals surface area contributed by atoms with Gasteiger partial charge in [-0.05, 0) is 62.7 Å². The van der Waals surface area contributed by atoms with Crippen molar-refractivity contribution in [3.05, 3.63) is 42.5 Å². The maximum Gasteiger partial charge on any atom is 0.323 e. The van der Waals surface area contributed by atoms with Crippen LogP contribution in [0.3, 0.4) is 0 Å². The molecule has 154 valence electrons. The first kappa shape index (κ1) is 20.5. The van der Waals surface area contributed by atoms with Gasteiger partial charge in [-0.2, -0.15) is 0 Å². The maximum absolute atomic E-state index is 13.0. The van der Waals surface area contributed by atoms with Crippen LogP contribution >= 0.6 is 0 Å². The second-order valence-electron chi connectivity index (χ2n) is 7.62. The van der Waals surface area contributed by atoms with Gasteiger partial charge in [0.25, 0.3) is 0 Å². The lowest BCUT2D eigenvalue weighted by molar-refractivity contribution is -0.127. The van der Waals surface area contributed by atoms with Gasteiger partial charge in [0.05, 0.1) is 18.2 Å². The van der Waals surface area contributed by atoms with Crippen LogP contribution in [0.4, 0.5) is 21.9 Å². The molecule has 2 aromatic rings. The van der Waals surface area contributed by atoms with Gasteiger partial charge in [-0.15, -0.1) is 0 Å². The summed E-state index contributed by atoms with van der Waals surface area (Å²) in [6.45, 7) is 6.68. The largest absolute Gasteiger partial charge is 0.497 e. The van der Waals surface area contributed by atoms with Crippen LogP contribution < -0.4 is 25.0 Å². The minimum absolute atomic E-state index is 0.0120. The normalized spacial score (nSPS) is 15.0. The van der Waals surface area contributed by atoms with E-state index in [0.29, 0.717) is 41.7 Å². The summed E-state index contributed by atoms with van der Waals surface area (Å²) < 4.78 is 11.0. The fraction of sp³-hybridized carbons (Fsp3) is 0.364. The standard InChI is InChI=1S/C22H27N3O4/c1-5-12-25-18-13-16(8-11-19(18)29-14-22(2,3)20(25)26)24-21(27)23-15-6-9-17(28-4)10-7-15/h6-11,13H,5,12,14H2,1-4H3,(H2,23,24,27). The van der Waals surface area contributed by atoms with Crippen molar-refractivity contribution in [2.24, 2.45) is 5.41 Å². The number of anilines is 3. The number of benzene rings is 2. The first-order chi connectivity index (χ1) is 13.8. The minimum Gasteiger partial charge on any atom is -0.497 e. The average molecular weight is 397 g/mol. The Labute approximate surface area is 171 Å². The summed E-state index contributed by atoms with van der Waals surface area (Å²) in [5.74, 6) is 1.36. The average Bonchev–Trinajstić information content (AvgIpc) is 2.79. The van der Waals surface area contributed by atoms with Gasteiger partial charge in [0.2, 0.25) is 5.91 Å². The van der Waals surface area contributed by atoms with Gasteiger partial charge >= 0.3 is 6.03 Å². The molecule has 1 aliphatic heterocycles. The number of nitrogens with zero attached hydrogens (tertiary/aromatic N) is 1. The van der Waals surface area contributed by atoms with Crippen LogP contribution in [0, 0.1) is 5.41 Å². The fourth-order valence-electron chi connectivity index (χ4n) is 3.14. The first-order valence-electron chi connectivity index (χ1n) is 9.65. The number of urea groups is 1. The van der Waals surface area contributed by atoms with E-state index in [1.807, 2.05) is 20.8 Å². The molecule has 1 heterocycles. The van der Waals surface area contributed by atoms with Crippen molar-refractivity contribution in [3.63, 3.8) is 0 Å². The SMILES string of the molecule is CCCN1C(=O)C(C)(C)COc2ccc(NC(=O)Nc3ccc(OC)cc3)cc21. The lowest BCUT2D eigenvalue weighted by atomic mass is 9.93. The molecular weight excluding hydrogens is 370 g/mol. The zero-order chi connectivity index (χ0) is 21.0. The molecule has 0 radical (unpaired) electrons. The third-order valence-corrected chi connectivity index (χ3v) is 4.72. The monoisotopic (exact) mass is 397 g/mol. The molecule has 2 N–H and O–H groups in total. The molecule has 0 saturated carbocycles. The number of ether oxygens (including phenoxy) is 2. The third kappa shape index (κ3) is 4.62. The van der Waals surface area contributed by atoms with Crippen LogP contribution in [-0.2, 0) is 4.79 Å². The van der Waals surface area contributed by atoms with Crippen molar-refractivity contribution < 1.29 is 19.1 Å². The van der Waals surface area contributed by atoms with Gasteiger partial charge in [0.1, 0.15) is 18.1 Å². The van der Waals surface area contributed by atoms with Gasteiger partial charge in [0, 0.05) is 17.9 Å². The Balaban J connectivity index is 1.79. The summed E-state index contributed by atoms with van der Waals surface area (Å²) in [6, 6.07) is 12.0. The molecule has 7 nitrogen and oxygen atoms in total. The number of methoxy groups -OCH3 is 1. The molecule has 7 heteroatoms. The molecule has 0 bridgehead atoms. The summed E-state index contributed by atoms with van der Waals surface area (Å²) in [5, 5.41) is 5.59. The predicted octanol–water partition coefficient (Wildman–Crippen LogP) is 4.50. The molecule has 0 atom stereocenters. The Hall–Kier alpha value is -3.22. The molecule has 3 amide bonds. The second-order valence-corrected chi connectivity index (χ2v) is 7.62. The number of carbonyl (C=O) groups is 2. The Morgan fingerprint density at radius 1 is 1.14 bits per heavy atom. The minimum atomic E-state index is -0.618. The zero-order valence-electron chi connectivity index (χ0n) is 17.2. The molecule has 29 heavy (non-hydrogen) atoms.